The van der Waals surface area contributed by atoms with Gasteiger partial charge in [0.15, 0.2) is 16.3 Å². The molecule has 3 aromatic carbocycles. The van der Waals surface area contributed by atoms with Gasteiger partial charge in [-0.15, -0.1) is 0 Å². The third-order valence-corrected chi connectivity index (χ3v) is 8.82. The van der Waals surface area contributed by atoms with Gasteiger partial charge < -0.3 is 18.9 Å². The first-order valence-corrected chi connectivity index (χ1v) is 15.4. The van der Waals surface area contributed by atoms with Crippen molar-refractivity contribution >= 4 is 50.9 Å². The van der Waals surface area contributed by atoms with E-state index in [1.807, 2.05) is 0 Å². The normalized spacial score (nSPS) is 14.6. The number of methoxy groups -OCH3 is 2. The highest BCUT2D eigenvalue weighted by Gasteiger charge is 2.35. The van der Waals surface area contributed by atoms with Crippen molar-refractivity contribution in [3.05, 3.63) is 118 Å². The molecule has 0 bridgehead atoms. The number of halogens is 3. The number of allylic oxidation sites excluding steroid dienone is 1. The zero-order valence-electron chi connectivity index (χ0n) is 24.2. The molecule has 0 amide bonds. The monoisotopic (exact) mass is 700 g/mol. The Bertz CT molecular complexity index is 1970. The maximum absolute atomic E-state index is 14.2. The number of aromatic nitrogens is 1. The van der Waals surface area contributed by atoms with Crippen molar-refractivity contribution in [2.75, 3.05) is 20.8 Å². The molecule has 228 valence electrons. The van der Waals surface area contributed by atoms with Gasteiger partial charge in [-0.25, -0.2) is 14.2 Å². The van der Waals surface area contributed by atoms with Gasteiger partial charge in [0.25, 0.3) is 5.56 Å². The number of hydrogen-bond acceptors (Lipinski definition) is 8. The van der Waals surface area contributed by atoms with Gasteiger partial charge in [0.05, 0.1) is 42.7 Å². The predicted octanol–water partition coefficient (Wildman–Crippen LogP) is 5.95. The molecule has 0 fully saturated rings. The fourth-order valence-corrected chi connectivity index (χ4v) is 6.60. The van der Waals surface area contributed by atoms with E-state index in [2.05, 4.69) is 20.9 Å². The minimum Gasteiger partial charge on any atom is -0.493 e. The summed E-state index contributed by atoms with van der Waals surface area (Å²) in [6.45, 7) is 3.54. The number of hydrogen-bond donors (Lipinski definition) is 0. The van der Waals surface area contributed by atoms with Crippen LogP contribution < -0.4 is 29.1 Å². The van der Waals surface area contributed by atoms with Gasteiger partial charge in [0.1, 0.15) is 18.2 Å². The van der Waals surface area contributed by atoms with E-state index >= 15 is 0 Å². The molecule has 2 heterocycles. The van der Waals surface area contributed by atoms with Gasteiger partial charge in [-0.2, -0.15) is 0 Å². The molecule has 0 saturated carbocycles. The third kappa shape index (κ3) is 6.17. The van der Waals surface area contributed by atoms with Crippen LogP contribution in [-0.2, 0) is 16.1 Å². The molecular weight excluding hydrogens is 675 g/mol. The summed E-state index contributed by atoms with van der Waals surface area (Å²) in [4.78, 5) is 32.5. The van der Waals surface area contributed by atoms with Crippen LogP contribution in [0.2, 0.25) is 5.02 Å². The summed E-state index contributed by atoms with van der Waals surface area (Å²) in [5, 5.41) is 0.426. The first-order valence-electron chi connectivity index (χ1n) is 13.4. The third-order valence-electron chi connectivity index (χ3n) is 6.91. The molecule has 1 atom stereocenters. The Kier molecular flexibility index (Phi) is 9.57. The zero-order chi connectivity index (χ0) is 31.5. The molecule has 8 nitrogen and oxygen atoms in total. The van der Waals surface area contributed by atoms with Crippen LogP contribution in [-0.4, -0.2) is 31.4 Å². The van der Waals surface area contributed by atoms with Gasteiger partial charge >= 0.3 is 5.97 Å². The molecule has 44 heavy (non-hydrogen) atoms. The van der Waals surface area contributed by atoms with Gasteiger partial charge in [-0.1, -0.05) is 57.1 Å². The summed E-state index contributed by atoms with van der Waals surface area (Å²) >= 11 is 11.1. The topological polar surface area (TPSA) is 88.4 Å². The van der Waals surface area contributed by atoms with Gasteiger partial charge in [-0.05, 0) is 61.9 Å². The Morgan fingerprint density at radius 2 is 1.84 bits per heavy atom. The quantitative estimate of drug-likeness (QED) is 0.201. The Hall–Kier alpha value is -3.93. The first kappa shape index (κ1) is 31.5. The van der Waals surface area contributed by atoms with E-state index in [-0.39, 0.29) is 24.6 Å². The maximum Gasteiger partial charge on any atom is 0.338 e. The van der Waals surface area contributed by atoms with E-state index < -0.39 is 17.6 Å². The standard InChI is InChI=1S/C32H27BrClFN2O6S/c1-5-42-31(39)28-17(2)36-32-37(29(28)21-14-25(40-3)26(41-4)15-22(21)33)30(38)27(44-32)13-19-12-20(34)10-11-24(19)43-16-18-8-6-7-9-23(18)35/h6-15,29H,5,16H2,1-4H3/b27-13-/t29-/m1/s1. The van der Waals surface area contributed by atoms with E-state index in [1.165, 1.54) is 24.9 Å². The maximum atomic E-state index is 14.2. The lowest BCUT2D eigenvalue weighted by atomic mass is 9.95. The van der Waals surface area contributed by atoms with Crippen LogP contribution >= 0.6 is 38.9 Å². The highest BCUT2D eigenvalue weighted by atomic mass is 79.9. The highest BCUT2D eigenvalue weighted by molar-refractivity contribution is 9.10. The summed E-state index contributed by atoms with van der Waals surface area (Å²) < 4.78 is 38.9. The van der Waals surface area contributed by atoms with Crippen LogP contribution in [0.5, 0.6) is 17.2 Å². The second-order valence-electron chi connectivity index (χ2n) is 9.59. The lowest BCUT2D eigenvalue weighted by molar-refractivity contribution is -0.139. The summed E-state index contributed by atoms with van der Waals surface area (Å²) in [5.74, 6) is 0.323. The number of nitrogens with zero attached hydrogens (tertiary/aromatic N) is 2. The minimum atomic E-state index is -0.891. The first-order chi connectivity index (χ1) is 21.2. The van der Waals surface area contributed by atoms with Crippen molar-refractivity contribution < 1.29 is 28.1 Å². The largest absolute Gasteiger partial charge is 0.493 e. The molecule has 0 unspecified atom stereocenters. The van der Waals surface area contributed by atoms with Crippen molar-refractivity contribution in [3.8, 4) is 17.2 Å². The van der Waals surface area contributed by atoms with Gasteiger partial charge in [-0.3, -0.25) is 9.36 Å². The molecule has 0 spiro atoms. The SMILES string of the molecule is CCOC(=O)C1=C(C)N=c2s/c(=C\c3cc(Cl)ccc3OCc3ccccc3F)c(=O)n2[C@@H]1c1cc(OC)c(OC)cc1Br. The van der Waals surface area contributed by atoms with Crippen LogP contribution in [0, 0.1) is 5.82 Å². The molecule has 0 N–H and O–H groups in total. The molecule has 0 radical (unpaired) electrons. The predicted molar refractivity (Wildman–Crippen MR) is 170 cm³/mol. The second-order valence-corrected chi connectivity index (χ2v) is 11.9. The van der Waals surface area contributed by atoms with E-state index in [0.29, 0.717) is 58.5 Å². The average molecular weight is 702 g/mol. The summed E-state index contributed by atoms with van der Waals surface area (Å²) in [7, 11) is 3.02. The lowest BCUT2D eigenvalue weighted by Gasteiger charge is -2.26. The molecule has 1 aliphatic heterocycles. The number of thiazole rings is 1. The fourth-order valence-electron chi connectivity index (χ4n) is 4.84. The van der Waals surface area contributed by atoms with Crippen molar-refractivity contribution in [2.45, 2.75) is 26.5 Å². The molecule has 12 heteroatoms. The molecule has 4 aromatic rings. The van der Waals surface area contributed by atoms with Crippen LogP contribution in [0.15, 0.2) is 80.1 Å². The fraction of sp³-hybridized carbons (Fsp3) is 0.219. The Morgan fingerprint density at radius 1 is 1.11 bits per heavy atom. The second kappa shape index (κ2) is 13.4. The number of ether oxygens (including phenoxy) is 4. The Balaban J connectivity index is 1.68. The molecule has 5 rings (SSSR count). The number of benzene rings is 3. The zero-order valence-corrected chi connectivity index (χ0v) is 27.3. The molecular formula is C32H27BrClFN2O6S. The van der Waals surface area contributed by atoms with E-state index in [1.54, 1.807) is 68.5 Å². The lowest BCUT2D eigenvalue weighted by Crippen LogP contribution is -2.40. The van der Waals surface area contributed by atoms with Crippen molar-refractivity contribution in [2.24, 2.45) is 4.99 Å². The number of carbonyl (C=O) groups excluding carboxylic acids is 1. The number of fused-ring (bicyclic) bond motifs is 1. The van der Waals surface area contributed by atoms with Crippen LogP contribution in [0.4, 0.5) is 4.39 Å². The van der Waals surface area contributed by atoms with Crippen LogP contribution in [0.25, 0.3) is 6.08 Å². The van der Waals surface area contributed by atoms with Crippen LogP contribution in [0.1, 0.15) is 36.6 Å². The number of carbonyl (C=O) groups is 1. The Morgan fingerprint density at radius 3 is 2.55 bits per heavy atom. The average Bonchev–Trinajstić information content (AvgIpc) is 3.30. The van der Waals surface area contributed by atoms with Gasteiger partial charge in [0.2, 0.25) is 0 Å². The summed E-state index contributed by atoms with van der Waals surface area (Å²) in [5.41, 5.74) is 1.72. The smallest absolute Gasteiger partial charge is 0.338 e. The molecule has 1 aliphatic rings. The minimum absolute atomic E-state index is 0.0220. The number of rotatable bonds is 9. The number of esters is 1. The van der Waals surface area contributed by atoms with Crippen molar-refractivity contribution in [1.29, 1.82) is 0 Å². The summed E-state index contributed by atoms with van der Waals surface area (Å²) in [6.07, 6.45) is 1.65. The van der Waals surface area contributed by atoms with Gasteiger partial charge in [0, 0.05) is 20.6 Å². The molecule has 0 saturated heterocycles. The van der Waals surface area contributed by atoms with Crippen molar-refractivity contribution in [3.63, 3.8) is 0 Å². The van der Waals surface area contributed by atoms with Crippen LogP contribution in [0.3, 0.4) is 0 Å². The molecule has 1 aromatic heterocycles. The molecule has 0 aliphatic carbocycles. The highest BCUT2D eigenvalue weighted by Crippen LogP contribution is 2.40. The van der Waals surface area contributed by atoms with E-state index in [0.717, 1.165) is 11.3 Å². The Labute approximate surface area is 269 Å². The summed E-state index contributed by atoms with van der Waals surface area (Å²) in [6, 6.07) is 13.9. The van der Waals surface area contributed by atoms with E-state index in [9.17, 15) is 14.0 Å². The van der Waals surface area contributed by atoms with E-state index in [4.69, 9.17) is 30.5 Å². The van der Waals surface area contributed by atoms with Crippen molar-refractivity contribution in [1.82, 2.24) is 4.57 Å².